The molecule has 0 amide bonds. The molecule has 0 bridgehead atoms. The van der Waals surface area contributed by atoms with E-state index < -0.39 is 6.17 Å². The van der Waals surface area contributed by atoms with Gasteiger partial charge < -0.3 is 10.5 Å². The molecule has 2 heterocycles. The Morgan fingerprint density at radius 2 is 2.12 bits per heavy atom. The van der Waals surface area contributed by atoms with Crippen molar-refractivity contribution in [3.05, 3.63) is 36.7 Å². The van der Waals surface area contributed by atoms with E-state index in [1.165, 1.54) is 0 Å². The van der Waals surface area contributed by atoms with E-state index >= 15 is 0 Å². The molecular weight excluding hydrogens is 328 g/mol. The summed E-state index contributed by atoms with van der Waals surface area (Å²) in [6, 6.07) is 7.83. The number of piperidine rings is 1. The zero-order chi connectivity index (χ0) is 18.5. The monoisotopic (exact) mass is 356 g/mol. The first-order valence-corrected chi connectivity index (χ1v) is 9.27. The van der Waals surface area contributed by atoms with Gasteiger partial charge in [-0.1, -0.05) is 19.1 Å². The van der Waals surface area contributed by atoms with Crippen molar-refractivity contribution < 1.29 is 9.53 Å². The van der Waals surface area contributed by atoms with E-state index in [0.29, 0.717) is 13.0 Å². The van der Waals surface area contributed by atoms with E-state index in [1.54, 1.807) is 4.68 Å². The molecule has 2 aromatic rings. The second-order valence-electron chi connectivity index (χ2n) is 7.16. The van der Waals surface area contributed by atoms with Crippen molar-refractivity contribution in [2.75, 3.05) is 19.7 Å². The quantitative estimate of drug-likeness (QED) is 0.825. The molecule has 140 valence electrons. The van der Waals surface area contributed by atoms with Crippen LogP contribution in [0.25, 0.3) is 11.1 Å². The van der Waals surface area contributed by atoms with Crippen molar-refractivity contribution >= 4 is 5.78 Å². The summed E-state index contributed by atoms with van der Waals surface area (Å²) in [7, 11) is 1.89. The molecule has 0 saturated carbocycles. The number of aromatic nitrogens is 2. The number of Topliss-reactive ketones (excluding diaryl/α,β-unsaturated/α-hetero) is 1. The Morgan fingerprint density at radius 1 is 1.35 bits per heavy atom. The zero-order valence-electron chi connectivity index (χ0n) is 15.6. The third-order valence-electron chi connectivity index (χ3n) is 5.03. The van der Waals surface area contributed by atoms with Crippen LogP contribution in [0.15, 0.2) is 36.7 Å². The van der Waals surface area contributed by atoms with Crippen LogP contribution in [0.3, 0.4) is 0 Å². The number of aryl methyl sites for hydroxylation is 1. The predicted octanol–water partition coefficient (Wildman–Crippen LogP) is 2.44. The van der Waals surface area contributed by atoms with E-state index in [1.807, 2.05) is 43.7 Å². The summed E-state index contributed by atoms with van der Waals surface area (Å²) in [6.45, 7) is 4.40. The van der Waals surface area contributed by atoms with Crippen molar-refractivity contribution in [3.63, 3.8) is 0 Å². The van der Waals surface area contributed by atoms with Crippen LogP contribution in [0, 0.1) is 5.92 Å². The molecule has 1 unspecified atom stereocenters. The van der Waals surface area contributed by atoms with E-state index in [0.717, 1.165) is 48.7 Å². The summed E-state index contributed by atoms with van der Waals surface area (Å²) >= 11 is 0. The fourth-order valence-electron chi connectivity index (χ4n) is 3.26. The normalized spacial score (nSPS) is 17.2. The molecule has 0 radical (unpaired) electrons. The van der Waals surface area contributed by atoms with Crippen LogP contribution in [0.4, 0.5) is 0 Å². The maximum Gasteiger partial charge on any atom is 0.167 e. The van der Waals surface area contributed by atoms with Crippen LogP contribution in [0.5, 0.6) is 5.75 Å². The van der Waals surface area contributed by atoms with Gasteiger partial charge in [-0.3, -0.25) is 14.4 Å². The Hall–Kier alpha value is -2.18. The number of rotatable bonds is 7. The molecule has 1 fully saturated rings. The number of nitrogens with zero attached hydrogens (tertiary/aromatic N) is 3. The average molecular weight is 356 g/mol. The second kappa shape index (κ2) is 8.47. The summed E-state index contributed by atoms with van der Waals surface area (Å²) < 4.78 is 7.55. The second-order valence-corrected chi connectivity index (χ2v) is 7.16. The van der Waals surface area contributed by atoms with Gasteiger partial charge in [0, 0.05) is 38.3 Å². The largest absolute Gasteiger partial charge is 0.493 e. The molecule has 26 heavy (non-hydrogen) atoms. The SMILES string of the molecule is CC1CCN(C(N)C(=O)CCOc2cccc(-c3cnn(C)c3)c2)CC1. The third kappa shape index (κ3) is 4.71. The molecule has 1 aromatic heterocycles. The molecule has 0 spiro atoms. The van der Waals surface area contributed by atoms with Crippen molar-refractivity contribution in [2.24, 2.45) is 18.7 Å². The topological polar surface area (TPSA) is 73.4 Å². The fourth-order valence-corrected chi connectivity index (χ4v) is 3.26. The van der Waals surface area contributed by atoms with Gasteiger partial charge in [0.15, 0.2) is 5.78 Å². The molecule has 6 heteroatoms. The third-order valence-corrected chi connectivity index (χ3v) is 5.03. The standard InChI is InChI=1S/C20H28N4O2/c1-15-6-9-24(10-7-15)20(21)19(25)8-11-26-18-5-3-4-16(12-18)17-13-22-23(2)14-17/h3-5,12-15,20H,6-11,21H2,1-2H3. The molecular formula is C20H28N4O2. The van der Waals surface area contributed by atoms with Crippen molar-refractivity contribution in [1.82, 2.24) is 14.7 Å². The summed E-state index contributed by atoms with van der Waals surface area (Å²) in [6.07, 6.45) is 5.82. The van der Waals surface area contributed by atoms with Gasteiger partial charge in [-0.2, -0.15) is 5.10 Å². The molecule has 1 saturated heterocycles. The van der Waals surface area contributed by atoms with E-state index in [9.17, 15) is 4.79 Å². The van der Waals surface area contributed by atoms with Crippen LogP contribution in [0.1, 0.15) is 26.2 Å². The van der Waals surface area contributed by atoms with Gasteiger partial charge in [-0.05, 0) is 36.5 Å². The van der Waals surface area contributed by atoms with Gasteiger partial charge in [0.05, 0.1) is 12.8 Å². The lowest BCUT2D eigenvalue weighted by Gasteiger charge is -2.33. The fraction of sp³-hybridized carbons (Fsp3) is 0.500. The molecule has 1 aromatic carbocycles. The number of ketones is 1. The first kappa shape index (κ1) is 18.6. The molecule has 0 aliphatic carbocycles. The van der Waals surface area contributed by atoms with Crippen LogP contribution >= 0.6 is 0 Å². The maximum absolute atomic E-state index is 12.3. The van der Waals surface area contributed by atoms with Crippen LogP contribution in [0.2, 0.25) is 0 Å². The zero-order valence-corrected chi connectivity index (χ0v) is 15.6. The molecule has 1 aliphatic heterocycles. The minimum atomic E-state index is -0.507. The maximum atomic E-state index is 12.3. The minimum absolute atomic E-state index is 0.0444. The van der Waals surface area contributed by atoms with Crippen molar-refractivity contribution in [1.29, 1.82) is 0 Å². The summed E-state index contributed by atoms with van der Waals surface area (Å²) in [5.41, 5.74) is 8.21. The lowest BCUT2D eigenvalue weighted by atomic mass is 9.98. The Balaban J connectivity index is 1.49. The Kier molecular flexibility index (Phi) is 6.06. The highest BCUT2D eigenvalue weighted by Crippen LogP contribution is 2.23. The first-order valence-electron chi connectivity index (χ1n) is 9.27. The number of carbonyl (C=O) groups is 1. The number of hydrogen-bond acceptors (Lipinski definition) is 5. The van der Waals surface area contributed by atoms with Crippen LogP contribution in [-0.4, -0.2) is 46.3 Å². The Labute approximate surface area is 154 Å². The Morgan fingerprint density at radius 3 is 2.81 bits per heavy atom. The Bertz CT molecular complexity index is 735. The molecule has 6 nitrogen and oxygen atoms in total. The minimum Gasteiger partial charge on any atom is -0.493 e. The van der Waals surface area contributed by atoms with Crippen LogP contribution < -0.4 is 10.5 Å². The highest BCUT2D eigenvalue weighted by molar-refractivity contribution is 5.83. The van der Waals surface area contributed by atoms with Crippen molar-refractivity contribution in [3.8, 4) is 16.9 Å². The van der Waals surface area contributed by atoms with E-state index in [-0.39, 0.29) is 5.78 Å². The number of hydrogen-bond donors (Lipinski definition) is 1. The highest BCUT2D eigenvalue weighted by Gasteiger charge is 2.25. The van der Waals surface area contributed by atoms with E-state index in [4.69, 9.17) is 10.5 Å². The smallest absolute Gasteiger partial charge is 0.167 e. The van der Waals surface area contributed by atoms with Gasteiger partial charge in [0.2, 0.25) is 0 Å². The number of likely N-dealkylation sites (tertiary alicyclic amines) is 1. The number of nitrogens with two attached hydrogens (primary N) is 1. The first-order chi connectivity index (χ1) is 12.5. The van der Waals surface area contributed by atoms with Crippen molar-refractivity contribution in [2.45, 2.75) is 32.4 Å². The van der Waals surface area contributed by atoms with Crippen LogP contribution in [-0.2, 0) is 11.8 Å². The van der Waals surface area contributed by atoms with Gasteiger partial charge in [-0.25, -0.2) is 0 Å². The van der Waals surface area contributed by atoms with Gasteiger partial charge in [0.1, 0.15) is 11.9 Å². The number of carbonyl (C=O) groups excluding carboxylic acids is 1. The number of ether oxygens (including phenoxy) is 1. The molecule has 2 N–H and O–H groups in total. The predicted molar refractivity (Wildman–Crippen MR) is 102 cm³/mol. The lowest BCUT2D eigenvalue weighted by molar-refractivity contribution is -0.125. The lowest BCUT2D eigenvalue weighted by Crippen LogP contribution is -2.51. The van der Waals surface area contributed by atoms with Gasteiger partial charge in [-0.15, -0.1) is 0 Å². The van der Waals surface area contributed by atoms with Gasteiger partial charge in [0.25, 0.3) is 0 Å². The average Bonchev–Trinajstić information content (AvgIpc) is 3.08. The van der Waals surface area contributed by atoms with E-state index in [2.05, 4.69) is 16.9 Å². The molecule has 1 atom stereocenters. The summed E-state index contributed by atoms with van der Waals surface area (Å²) in [5, 5.41) is 4.19. The molecule has 3 rings (SSSR count). The summed E-state index contributed by atoms with van der Waals surface area (Å²) in [5.74, 6) is 1.52. The number of benzene rings is 1. The van der Waals surface area contributed by atoms with Gasteiger partial charge >= 0.3 is 0 Å². The highest BCUT2D eigenvalue weighted by atomic mass is 16.5. The molecule has 1 aliphatic rings. The summed E-state index contributed by atoms with van der Waals surface area (Å²) in [4.78, 5) is 14.4.